The number of nitrogens with zero attached hydrogens (tertiary/aromatic N) is 1. The Morgan fingerprint density at radius 3 is 2.68 bits per heavy atom. The van der Waals surface area contributed by atoms with Crippen LogP contribution in [-0.4, -0.2) is 10.9 Å². The van der Waals surface area contributed by atoms with Gasteiger partial charge in [0.25, 0.3) is 5.91 Å². The fourth-order valence-corrected chi connectivity index (χ4v) is 2.95. The lowest BCUT2D eigenvalue weighted by molar-refractivity contribution is 0.0926. The number of pyridine rings is 1. The predicted octanol–water partition coefficient (Wildman–Crippen LogP) is 4.03. The maximum Gasteiger partial charge on any atom is 0.253 e. The van der Waals surface area contributed by atoms with Crippen LogP contribution in [0.25, 0.3) is 0 Å². The highest BCUT2D eigenvalue weighted by Crippen LogP contribution is 2.26. The van der Waals surface area contributed by atoms with E-state index in [0.29, 0.717) is 11.5 Å². The smallest absolute Gasteiger partial charge is 0.253 e. The number of thiophene rings is 1. The third-order valence-corrected chi connectivity index (χ3v) is 4.22. The van der Waals surface area contributed by atoms with Crippen molar-refractivity contribution in [1.29, 1.82) is 0 Å². The minimum atomic E-state index is -0.0906. The molecule has 0 aromatic carbocycles. The molecule has 0 fully saturated rings. The van der Waals surface area contributed by atoms with Gasteiger partial charge in [-0.3, -0.25) is 4.79 Å². The van der Waals surface area contributed by atoms with Gasteiger partial charge in [-0.1, -0.05) is 19.9 Å². The standard InChI is InChI=1S/C14H15BrN2OS/c1-9(2)13(11-4-3-7-19-11)17-14(18)10-5-6-12(15)16-8-10/h3-9,13H,1-2H3,(H,17,18). The molecule has 0 saturated heterocycles. The molecule has 1 atom stereocenters. The summed E-state index contributed by atoms with van der Waals surface area (Å²) in [6.45, 7) is 4.20. The molecule has 2 aromatic rings. The first-order valence-electron chi connectivity index (χ1n) is 6.03. The molecule has 2 aromatic heterocycles. The second-order valence-corrected chi connectivity index (χ2v) is 6.37. The average molecular weight is 339 g/mol. The summed E-state index contributed by atoms with van der Waals surface area (Å²) < 4.78 is 0.725. The Morgan fingerprint density at radius 2 is 2.16 bits per heavy atom. The zero-order valence-electron chi connectivity index (χ0n) is 10.8. The Hall–Kier alpha value is -1.20. The van der Waals surface area contributed by atoms with Crippen LogP contribution in [0.15, 0.2) is 40.4 Å². The van der Waals surface area contributed by atoms with Crippen LogP contribution in [0.1, 0.15) is 35.1 Å². The van der Waals surface area contributed by atoms with E-state index in [2.05, 4.69) is 46.1 Å². The van der Waals surface area contributed by atoms with Crippen LogP contribution < -0.4 is 5.32 Å². The van der Waals surface area contributed by atoms with Gasteiger partial charge in [0.15, 0.2) is 0 Å². The first-order valence-corrected chi connectivity index (χ1v) is 7.71. The zero-order valence-corrected chi connectivity index (χ0v) is 13.2. The summed E-state index contributed by atoms with van der Waals surface area (Å²) in [4.78, 5) is 17.5. The second-order valence-electron chi connectivity index (χ2n) is 4.58. The number of carbonyl (C=O) groups is 1. The lowest BCUT2D eigenvalue weighted by Gasteiger charge is -2.21. The van der Waals surface area contributed by atoms with E-state index in [-0.39, 0.29) is 11.9 Å². The molecule has 2 heterocycles. The monoisotopic (exact) mass is 338 g/mol. The molecule has 0 aliphatic carbocycles. The Bertz CT molecular complexity index is 537. The maximum absolute atomic E-state index is 12.2. The number of aromatic nitrogens is 1. The SMILES string of the molecule is CC(C)C(NC(=O)c1ccc(Br)nc1)c1cccs1. The molecule has 19 heavy (non-hydrogen) atoms. The number of hydrogen-bond donors (Lipinski definition) is 1. The molecular weight excluding hydrogens is 324 g/mol. The summed E-state index contributed by atoms with van der Waals surface area (Å²) in [5.74, 6) is 0.248. The average Bonchev–Trinajstić information content (AvgIpc) is 2.89. The molecule has 0 radical (unpaired) electrons. The van der Waals surface area contributed by atoms with Gasteiger partial charge >= 0.3 is 0 Å². The second kappa shape index (κ2) is 6.30. The van der Waals surface area contributed by atoms with Gasteiger partial charge in [0.1, 0.15) is 4.60 Å². The van der Waals surface area contributed by atoms with Crippen molar-refractivity contribution in [1.82, 2.24) is 10.3 Å². The van der Waals surface area contributed by atoms with Crippen molar-refractivity contribution < 1.29 is 4.79 Å². The number of nitrogens with one attached hydrogen (secondary N) is 1. The van der Waals surface area contributed by atoms with Crippen molar-refractivity contribution in [3.8, 4) is 0 Å². The van der Waals surface area contributed by atoms with Gasteiger partial charge in [0, 0.05) is 11.1 Å². The van der Waals surface area contributed by atoms with Crippen molar-refractivity contribution in [2.45, 2.75) is 19.9 Å². The number of rotatable bonds is 4. The summed E-state index contributed by atoms with van der Waals surface area (Å²) in [6, 6.07) is 7.62. The van der Waals surface area contributed by atoms with Crippen LogP contribution in [0, 0.1) is 5.92 Å². The quantitative estimate of drug-likeness (QED) is 0.855. The Kier molecular flexibility index (Phi) is 4.71. The third-order valence-electron chi connectivity index (χ3n) is 2.79. The first kappa shape index (κ1) is 14.2. The fraction of sp³-hybridized carbons (Fsp3) is 0.286. The minimum Gasteiger partial charge on any atom is -0.344 e. The zero-order chi connectivity index (χ0) is 13.8. The van der Waals surface area contributed by atoms with Crippen LogP contribution in [0.3, 0.4) is 0 Å². The fourth-order valence-electron chi connectivity index (χ4n) is 1.77. The number of amides is 1. The third kappa shape index (κ3) is 3.64. The van der Waals surface area contributed by atoms with E-state index in [1.54, 1.807) is 29.7 Å². The molecule has 100 valence electrons. The lowest BCUT2D eigenvalue weighted by atomic mass is 10.0. The topological polar surface area (TPSA) is 42.0 Å². The maximum atomic E-state index is 12.2. The molecule has 0 bridgehead atoms. The molecular formula is C14H15BrN2OS. The largest absolute Gasteiger partial charge is 0.344 e. The van der Waals surface area contributed by atoms with Crippen molar-refractivity contribution >= 4 is 33.2 Å². The van der Waals surface area contributed by atoms with Crippen LogP contribution in [0.4, 0.5) is 0 Å². The van der Waals surface area contributed by atoms with Gasteiger partial charge in [0.2, 0.25) is 0 Å². The number of carbonyl (C=O) groups excluding carboxylic acids is 1. The van der Waals surface area contributed by atoms with Gasteiger partial charge in [0.05, 0.1) is 11.6 Å². The van der Waals surface area contributed by atoms with Gasteiger partial charge in [-0.05, 0) is 45.4 Å². The highest BCUT2D eigenvalue weighted by atomic mass is 79.9. The van der Waals surface area contributed by atoms with Gasteiger partial charge in [-0.15, -0.1) is 11.3 Å². The van der Waals surface area contributed by atoms with E-state index in [0.717, 1.165) is 4.60 Å². The van der Waals surface area contributed by atoms with E-state index < -0.39 is 0 Å². The molecule has 0 saturated carbocycles. The van der Waals surface area contributed by atoms with Gasteiger partial charge in [-0.2, -0.15) is 0 Å². The Balaban J connectivity index is 2.14. The van der Waals surface area contributed by atoms with E-state index >= 15 is 0 Å². The molecule has 1 amide bonds. The van der Waals surface area contributed by atoms with E-state index in [1.807, 2.05) is 11.4 Å². The molecule has 1 unspecified atom stereocenters. The first-order chi connectivity index (χ1) is 9.08. The van der Waals surface area contributed by atoms with Crippen LogP contribution >= 0.6 is 27.3 Å². The van der Waals surface area contributed by atoms with E-state index in [9.17, 15) is 4.79 Å². The van der Waals surface area contributed by atoms with Crippen molar-refractivity contribution in [2.75, 3.05) is 0 Å². The van der Waals surface area contributed by atoms with Crippen molar-refractivity contribution in [2.24, 2.45) is 5.92 Å². The summed E-state index contributed by atoms with van der Waals surface area (Å²) in [7, 11) is 0. The molecule has 3 nitrogen and oxygen atoms in total. The van der Waals surface area contributed by atoms with Crippen LogP contribution in [0.2, 0.25) is 0 Å². The molecule has 0 aliphatic heterocycles. The van der Waals surface area contributed by atoms with Crippen molar-refractivity contribution in [3.63, 3.8) is 0 Å². The molecule has 1 N–H and O–H groups in total. The highest BCUT2D eigenvalue weighted by Gasteiger charge is 2.20. The number of halogens is 1. The van der Waals surface area contributed by atoms with Crippen LogP contribution in [-0.2, 0) is 0 Å². The van der Waals surface area contributed by atoms with E-state index in [4.69, 9.17) is 0 Å². The summed E-state index contributed by atoms with van der Waals surface area (Å²) in [5.41, 5.74) is 0.574. The normalized spacial score (nSPS) is 12.4. The minimum absolute atomic E-state index is 0.0381. The molecule has 5 heteroatoms. The summed E-state index contributed by atoms with van der Waals surface area (Å²) in [5, 5.41) is 5.10. The highest BCUT2D eigenvalue weighted by molar-refractivity contribution is 9.10. The predicted molar refractivity (Wildman–Crippen MR) is 81.3 cm³/mol. The van der Waals surface area contributed by atoms with Crippen molar-refractivity contribution in [3.05, 3.63) is 50.9 Å². The molecule has 0 spiro atoms. The Labute approximate surface area is 125 Å². The Morgan fingerprint density at radius 1 is 1.37 bits per heavy atom. The van der Waals surface area contributed by atoms with Crippen LogP contribution in [0.5, 0.6) is 0 Å². The molecule has 2 rings (SSSR count). The van der Waals surface area contributed by atoms with Gasteiger partial charge in [-0.25, -0.2) is 4.98 Å². The van der Waals surface area contributed by atoms with Gasteiger partial charge < -0.3 is 5.32 Å². The molecule has 0 aliphatic rings. The summed E-state index contributed by atoms with van der Waals surface area (Å²) in [6.07, 6.45) is 1.57. The summed E-state index contributed by atoms with van der Waals surface area (Å²) >= 11 is 4.92. The van der Waals surface area contributed by atoms with E-state index in [1.165, 1.54) is 4.88 Å². The lowest BCUT2D eigenvalue weighted by Crippen LogP contribution is -2.31. The number of hydrogen-bond acceptors (Lipinski definition) is 3.